The normalized spacial score (nSPS) is 32.5. The van der Waals surface area contributed by atoms with Crippen LogP contribution in [0.5, 0.6) is 0 Å². The topological polar surface area (TPSA) is 0 Å². The zero-order chi connectivity index (χ0) is 7.84. The molecule has 0 heterocycles. The monoisotopic (exact) mass is 151 g/mol. The zero-order valence-corrected chi connectivity index (χ0v) is 7.77. The summed E-state index contributed by atoms with van der Waals surface area (Å²) in [6.45, 7) is 4.67. The van der Waals surface area contributed by atoms with Crippen LogP contribution in [0.2, 0.25) is 0 Å². The van der Waals surface area contributed by atoms with E-state index < -0.39 is 0 Å². The second-order valence-corrected chi connectivity index (χ2v) is 4.76. The van der Waals surface area contributed by atoms with Crippen molar-refractivity contribution in [2.45, 2.75) is 46.0 Å². The highest BCUT2D eigenvalue weighted by Crippen LogP contribution is 2.55. The lowest BCUT2D eigenvalue weighted by atomic mass is 9.80. The van der Waals surface area contributed by atoms with Gasteiger partial charge in [-0.15, -0.1) is 0 Å². The van der Waals surface area contributed by atoms with Crippen LogP contribution in [0.1, 0.15) is 46.0 Å². The van der Waals surface area contributed by atoms with Crippen LogP contribution in [0, 0.1) is 23.7 Å². The second kappa shape index (κ2) is 2.80. The summed E-state index contributed by atoms with van der Waals surface area (Å²) in [5.74, 6) is 5.01. The molecule has 0 aliphatic heterocycles. The average molecular weight is 151 g/mol. The Morgan fingerprint density at radius 2 is 2.09 bits per heavy atom. The van der Waals surface area contributed by atoms with Crippen molar-refractivity contribution in [2.24, 2.45) is 17.8 Å². The van der Waals surface area contributed by atoms with Crippen molar-refractivity contribution >= 4 is 0 Å². The summed E-state index contributed by atoms with van der Waals surface area (Å²) in [6.07, 6.45) is 7.48. The maximum Gasteiger partial charge on any atom is -0.0201 e. The summed E-state index contributed by atoms with van der Waals surface area (Å²) < 4.78 is 0. The van der Waals surface area contributed by atoms with Gasteiger partial charge in [0.2, 0.25) is 0 Å². The predicted molar refractivity (Wildman–Crippen MR) is 48.1 cm³/mol. The molecule has 0 heteroatoms. The van der Waals surface area contributed by atoms with Gasteiger partial charge >= 0.3 is 0 Å². The molecule has 2 aliphatic rings. The van der Waals surface area contributed by atoms with Gasteiger partial charge < -0.3 is 0 Å². The van der Waals surface area contributed by atoms with Crippen LogP contribution >= 0.6 is 0 Å². The Morgan fingerprint density at radius 1 is 1.36 bits per heavy atom. The largest absolute Gasteiger partial charge is 0.0628 e. The maximum atomic E-state index is 2.34. The molecule has 0 amide bonds. The Balaban J connectivity index is 1.68. The van der Waals surface area contributed by atoms with E-state index in [0.717, 1.165) is 17.8 Å². The quantitative estimate of drug-likeness (QED) is 0.579. The molecule has 0 aromatic carbocycles. The third kappa shape index (κ3) is 1.60. The molecule has 2 saturated carbocycles. The van der Waals surface area contributed by atoms with Gasteiger partial charge in [-0.05, 0) is 36.5 Å². The van der Waals surface area contributed by atoms with E-state index in [1.54, 1.807) is 0 Å². The lowest BCUT2D eigenvalue weighted by Gasteiger charge is -2.25. The van der Waals surface area contributed by atoms with Crippen molar-refractivity contribution in [1.29, 1.82) is 0 Å². The number of rotatable bonds is 3. The van der Waals surface area contributed by atoms with Crippen LogP contribution < -0.4 is 0 Å². The van der Waals surface area contributed by atoms with E-state index >= 15 is 0 Å². The molecule has 0 spiro atoms. The van der Waals surface area contributed by atoms with E-state index in [9.17, 15) is 0 Å². The lowest BCUT2D eigenvalue weighted by Crippen LogP contribution is -2.13. The summed E-state index contributed by atoms with van der Waals surface area (Å²) in [6, 6.07) is 0. The molecule has 0 aromatic heterocycles. The molecule has 0 bridgehead atoms. The predicted octanol–water partition coefficient (Wildman–Crippen LogP) is 3.43. The Morgan fingerprint density at radius 3 is 2.55 bits per heavy atom. The van der Waals surface area contributed by atoms with Gasteiger partial charge in [-0.3, -0.25) is 0 Å². The van der Waals surface area contributed by atoms with E-state index in [-0.39, 0.29) is 0 Å². The fraction of sp³-hybridized carbons (Fsp3) is 0.909. The molecule has 0 aromatic rings. The van der Waals surface area contributed by atoms with E-state index in [1.807, 2.05) is 5.92 Å². The first kappa shape index (κ1) is 7.64. The standard InChI is InChI=1S/C11H19/c1-8(2)6-10-7-11(10)9-4-3-5-9/h8-9,11H,3-7H2,1-2H3. The first-order chi connectivity index (χ1) is 5.27. The van der Waals surface area contributed by atoms with E-state index in [4.69, 9.17) is 0 Å². The van der Waals surface area contributed by atoms with E-state index in [1.165, 1.54) is 32.1 Å². The summed E-state index contributed by atoms with van der Waals surface area (Å²) >= 11 is 0. The average Bonchev–Trinajstić information content (AvgIpc) is 2.40. The third-order valence-corrected chi connectivity index (χ3v) is 3.24. The molecule has 11 heavy (non-hydrogen) atoms. The molecule has 0 nitrogen and oxygen atoms in total. The SMILES string of the molecule is CC(C)C[C]1CC1C1CCC1. The molecule has 2 fully saturated rings. The van der Waals surface area contributed by atoms with Crippen molar-refractivity contribution < 1.29 is 0 Å². The van der Waals surface area contributed by atoms with Crippen molar-refractivity contribution in [3.63, 3.8) is 0 Å². The van der Waals surface area contributed by atoms with Crippen LogP contribution in [0.3, 0.4) is 0 Å². The van der Waals surface area contributed by atoms with Crippen LogP contribution in [0.15, 0.2) is 0 Å². The smallest absolute Gasteiger partial charge is 0.0201 e. The van der Waals surface area contributed by atoms with Crippen LogP contribution in [-0.2, 0) is 0 Å². The minimum atomic E-state index is 0.898. The number of hydrogen-bond acceptors (Lipinski definition) is 0. The van der Waals surface area contributed by atoms with Gasteiger partial charge in [0, 0.05) is 0 Å². The summed E-state index contributed by atoms with van der Waals surface area (Å²) in [4.78, 5) is 0. The van der Waals surface area contributed by atoms with Crippen LogP contribution in [0.4, 0.5) is 0 Å². The molecule has 1 unspecified atom stereocenters. The molecule has 1 radical (unpaired) electrons. The lowest BCUT2D eigenvalue weighted by molar-refractivity contribution is 0.278. The zero-order valence-electron chi connectivity index (χ0n) is 7.77. The molecule has 0 saturated heterocycles. The first-order valence-corrected chi connectivity index (χ1v) is 5.12. The van der Waals surface area contributed by atoms with Crippen LogP contribution in [-0.4, -0.2) is 0 Å². The summed E-state index contributed by atoms with van der Waals surface area (Å²) in [5, 5.41) is 0. The summed E-state index contributed by atoms with van der Waals surface area (Å²) in [7, 11) is 0. The minimum absolute atomic E-state index is 0.898. The highest BCUT2D eigenvalue weighted by molar-refractivity contribution is 5.17. The van der Waals surface area contributed by atoms with Gasteiger partial charge in [0.05, 0.1) is 0 Å². The second-order valence-electron chi connectivity index (χ2n) is 4.76. The minimum Gasteiger partial charge on any atom is -0.0628 e. The van der Waals surface area contributed by atoms with E-state index in [0.29, 0.717) is 0 Å². The maximum absolute atomic E-state index is 2.34. The Kier molecular flexibility index (Phi) is 1.95. The Hall–Kier alpha value is 0. The molecule has 2 rings (SSSR count). The van der Waals surface area contributed by atoms with Gasteiger partial charge in [0.1, 0.15) is 0 Å². The van der Waals surface area contributed by atoms with Crippen LogP contribution in [0.25, 0.3) is 0 Å². The van der Waals surface area contributed by atoms with Gasteiger partial charge in [-0.1, -0.05) is 33.1 Å². The highest BCUT2D eigenvalue weighted by Gasteiger charge is 2.44. The fourth-order valence-electron chi connectivity index (χ4n) is 2.32. The van der Waals surface area contributed by atoms with Crippen molar-refractivity contribution in [3.8, 4) is 0 Å². The van der Waals surface area contributed by atoms with Crippen molar-refractivity contribution in [3.05, 3.63) is 5.92 Å². The number of hydrogen-bond donors (Lipinski definition) is 0. The Bertz CT molecular complexity index is 133. The highest BCUT2D eigenvalue weighted by atomic mass is 14.5. The third-order valence-electron chi connectivity index (χ3n) is 3.24. The van der Waals surface area contributed by atoms with Gasteiger partial charge in [0.25, 0.3) is 0 Å². The van der Waals surface area contributed by atoms with Gasteiger partial charge in [0.15, 0.2) is 0 Å². The first-order valence-electron chi connectivity index (χ1n) is 5.12. The molecule has 2 aliphatic carbocycles. The molecule has 0 N–H and O–H groups in total. The summed E-state index contributed by atoms with van der Waals surface area (Å²) in [5.41, 5.74) is 0. The molecule has 1 atom stereocenters. The molecular weight excluding hydrogens is 132 g/mol. The fourth-order valence-corrected chi connectivity index (χ4v) is 2.32. The molecule has 63 valence electrons. The van der Waals surface area contributed by atoms with Crippen molar-refractivity contribution in [1.82, 2.24) is 0 Å². The Labute approximate surface area is 70.4 Å². The molecular formula is C11H19. The van der Waals surface area contributed by atoms with Gasteiger partial charge in [-0.2, -0.15) is 0 Å². The van der Waals surface area contributed by atoms with Crippen molar-refractivity contribution in [2.75, 3.05) is 0 Å². The van der Waals surface area contributed by atoms with Gasteiger partial charge in [-0.25, -0.2) is 0 Å². The van der Waals surface area contributed by atoms with E-state index in [2.05, 4.69) is 13.8 Å².